The highest BCUT2D eigenvalue weighted by Crippen LogP contribution is 2.21. The number of methoxy groups -OCH3 is 1. The number of esters is 1. The highest BCUT2D eigenvalue weighted by molar-refractivity contribution is 7.92. The highest BCUT2D eigenvalue weighted by Gasteiger charge is 2.15. The molecular formula is C19H19N3O5S. The van der Waals surface area contributed by atoms with Crippen LogP contribution in [0.5, 0.6) is 5.75 Å². The average Bonchev–Trinajstić information content (AvgIpc) is 3.21. The first-order chi connectivity index (χ1) is 13.5. The van der Waals surface area contributed by atoms with Gasteiger partial charge in [-0.2, -0.15) is 5.10 Å². The minimum absolute atomic E-state index is 0.0326. The first-order valence-electron chi connectivity index (χ1n) is 8.39. The lowest BCUT2D eigenvalue weighted by Crippen LogP contribution is -2.13. The van der Waals surface area contributed by atoms with Crippen molar-refractivity contribution in [3.05, 3.63) is 72.6 Å². The van der Waals surface area contributed by atoms with Gasteiger partial charge in [-0.25, -0.2) is 13.2 Å². The first-order valence-corrected chi connectivity index (χ1v) is 9.88. The van der Waals surface area contributed by atoms with Gasteiger partial charge in [-0.3, -0.25) is 9.40 Å². The summed E-state index contributed by atoms with van der Waals surface area (Å²) in [5, 5.41) is 4.09. The summed E-state index contributed by atoms with van der Waals surface area (Å²) >= 11 is 0. The van der Waals surface area contributed by atoms with E-state index in [4.69, 9.17) is 4.74 Å². The third kappa shape index (κ3) is 4.89. The monoisotopic (exact) mass is 401 g/mol. The topological polar surface area (TPSA) is 99.5 Å². The van der Waals surface area contributed by atoms with Gasteiger partial charge in [0.2, 0.25) is 0 Å². The number of carbonyl (C=O) groups is 1. The molecular weight excluding hydrogens is 382 g/mol. The Kier molecular flexibility index (Phi) is 5.95. The average molecular weight is 401 g/mol. The van der Waals surface area contributed by atoms with Crippen LogP contribution in [0.4, 0.5) is 5.69 Å². The maximum atomic E-state index is 12.6. The van der Waals surface area contributed by atoms with Crippen molar-refractivity contribution in [3.8, 4) is 5.75 Å². The van der Waals surface area contributed by atoms with Crippen LogP contribution >= 0.6 is 0 Å². The zero-order chi connectivity index (χ0) is 20.0. The van der Waals surface area contributed by atoms with E-state index in [1.54, 1.807) is 35.1 Å². The van der Waals surface area contributed by atoms with Gasteiger partial charge in [0.25, 0.3) is 10.0 Å². The van der Waals surface area contributed by atoms with Gasteiger partial charge in [-0.15, -0.1) is 0 Å². The number of rotatable bonds is 8. The molecule has 3 rings (SSSR count). The van der Waals surface area contributed by atoms with Crippen LogP contribution in [0, 0.1) is 0 Å². The molecule has 2 aromatic carbocycles. The van der Waals surface area contributed by atoms with Crippen LogP contribution in [0.3, 0.4) is 0 Å². The van der Waals surface area contributed by atoms with Crippen LogP contribution in [0.15, 0.2) is 71.9 Å². The van der Waals surface area contributed by atoms with Gasteiger partial charge in [0.05, 0.1) is 29.8 Å². The third-order valence-electron chi connectivity index (χ3n) is 3.82. The minimum atomic E-state index is -3.81. The number of hydrogen-bond acceptors (Lipinski definition) is 6. The number of benzene rings is 2. The van der Waals surface area contributed by atoms with E-state index in [0.29, 0.717) is 24.6 Å². The second-order valence-corrected chi connectivity index (χ2v) is 7.45. The molecule has 9 heteroatoms. The Morgan fingerprint density at radius 1 is 1.14 bits per heavy atom. The Morgan fingerprint density at radius 2 is 1.93 bits per heavy atom. The Hall–Kier alpha value is -3.33. The molecule has 1 aromatic heterocycles. The van der Waals surface area contributed by atoms with E-state index in [1.165, 1.54) is 31.4 Å². The molecule has 28 heavy (non-hydrogen) atoms. The second-order valence-electron chi connectivity index (χ2n) is 5.77. The van der Waals surface area contributed by atoms with Gasteiger partial charge in [0.1, 0.15) is 12.4 Å². The fourth-order valence-electron chi connectivity index (χ4n) is 2.44. The summed E-state index contributed by atoms with van der Waals surface area (Å²) in [5.41, 5.74) is 0.641. The molecule has 1 heterocycles. The van der Waals surface area contributed by atoms with E-state index in [1.807, 2.05) is 12.3 Å². The van der Waals surface area contributed by atoms with E-state index in [2.05, 4.69) is 14.6 Å². The molecule has 0 fully saturated rings. The van der Waals surface area contributed by atoms with Crippen molar-refractivity contribution in [3.63, 3.8) is 0 Å². The number of nitrogens with zero attached hydrogens (tertiary/aromatic N) is 2. The zero-order valence-electron chi connectivity index (χ0n) is 15.1. The van der Waals surface area contributed by atoms with E-state index in [-0.39, 0.29) is 10.5 Å². The number of ether oxygens (including phenoxy) is 2. The lowest BCUT2D eigenvalue weighted by molar-refractivity contribution is 0.0600. The number of anilines is 1. The lowest BCUT2D eigenvalue weighted by atomic mass is 10.2. The first kappa shape index (κ1) is 19.4. The predicted molar refractivity (Wildman–Crippen MR) is 103 cm³/mol. The molecule has 0 aliphatic heterocycles. The molecule has 0 spiro atoms. The van der Waals surface area contributed by atoms with E-state index in [0.717, 1.165) is 0 Å². The summed E-state index contributed by atoms with van der Waals surface area (Å²) in [7, 11) is -2.54. The molecule has 0 radical (unpaired) electrons. The lowest BCUT2D eigenvalue weighted by Gasteiger charge is -2.11. The zero-order valence-corrected chi connectivity index (χ0v) is 15.9. The molecule has 0 aliphatic carbocycles. The second kappa shape index (κ2) is 8.57. The van der Waals surface area contributed by atoms with Gasteiger partial charge < -0.3 is 9.47 Å². The molecule has 0 saturated carbocycles. The number of hydrogen-bond donors (Lipinski definition) is 1. The summed E-state index contributed by atoms with van der Waals surface area (Å²) < 4.78 is 39.6. The molecule has 146 valence electrons. The molecule has 0 saturated heterocycles. The van der Waals surface area contributed by atoms with Gasteiger partial charge in [-0.1, -0.05) is 6.07 Å². The van der Waals surface area contributed by atoms with Crippen LogP contribution in [-0.4, -0.2) is 37.9 Å². The molecule has 0 aliphatic rings. The molecule has 0 bridgehead atoms. The summed E-state index contributed by atoms with van der Waals surface area (Å²) in [6.45, 7) is 0.975. The van der Waals surface area contributed by atoms with Gasteiger partial charge in [-0.05, 0) is 42.5 Å². The standard InChI is InChI=1S/C19H19N3O5S/c1-26-19(23)15-6-8-18(9-7-15)28(24,25)21-16-4-2-5-17(14-16)27-13-12-22-11-3-10-20-22/h2-11,14,21H,12-13H2,1H3. The molecule has 0 amide bonds. The molecule has 0 atom stereocenters. The third-order valence-corrected chi connectivity index (χ3v) is 5.22. The number of aromatic nitrogens is 2. The van der Waals surface area contributed by atoms with Gasteiger partial charge in [0.15, 0.2) is 0 Å². The largest absolute Gasteiger partial charge is 0.492 e. The molecule has 3 aromatic rings. The number of nitrogens with one attached hydrogen (secondary N) is 1. The fourth-order valence-corrected chi connectivity index (χ4v) is 3.49. The van der Waals surface area contributed by atoms with Crippen molar-refractivity contribution >= 4 is 21.7 Å². The van der Waals surface area contributed by atoms with Crippen molar-refractivity contribution in [1.29, 1.82) is 0 Å². The Balaban J connectivity index is 1.65. The summed E-state index contributed by atoms with van der Waals surface area (Å²) in [6, 6.07) is 14.0. The summed E-state index contributed by atoms with van der Waals surface area (Å²) in [4.78, 5) is 11.5. The van der Waals surface area contributed by atoms with Crippen LogP contribution in [0.25, 0.3) is 0 Å². The van der Waals surface area contributed by atoms with E-state index >= 15 is 0 Å². The van der Waals surface area contributed by atoms with Crippen molar-refractivity contribution in [2.45, 2.75) is 11.4 Å². The van der Waals surface area contributed by atoms with Crippen LogP contribution in [0.2, 0.25) is 0 Å². The summed E-state index contributed by atoms with van der Waals surface area (Å²) in [5.74, 6) is 0.00487. The van der Waals surface area contributed by atoms with E-state index < -0.39 is 16.0 Å². The number of sulfonamides is 1. The van der Waals surface area contributed by atoms with E-state index in [9.17, 15) is 13.2 Å². The quantitative estimate of drug-likeness (QED) is 0.583. The molecule has 0 unspecified atom stereocenters. The Morgan fingerprint density at radius 3 is 2.61 bits per heavy atom. The Labute approximate surface area is 162 Å². The predicted octanol–water partition coefficient (Wildman–Crippen LogP) is 2.55. The minimum Gasteiger partial charge on any atom is -0.492 e. The Bertz CT molecular complexity index is 1030. The van der Waals surface area contributed by atoms with Crippen molar-refractivity contribution < 1.29 is 22.7 Å². The number of carbonyl (C=O) groups excluding carboxylic acids is 1. The molecule has 8 nitrogen and oxygen atoms in total. The van der Waals surface area contributed by atoms with Crippen molar-refractivity contribution in [1.82, 2.24) is 9.78 Å². The molecule has 1 N–H and O–H groups in total. The van der Waals surface area contributed by atoms with Crippen molar-refractivity contribution in [2.24, 2.45) is 0 Å². The fraction of sp³-hybridized carbons (Fsp3) is 0.158. The van der Waals surface area contributed by atoms with Gasteiger partial charge in [0, 0.05) is 18.5 Å². The maximum absolute atomic E-state index is 12.6. The van der Waals surface area contributed by atoms with Crippen molar-refractivity contribution in [2.75, 3.05) is 18.4 Å². The van der Waals surface area contributed by atoms with Crippen LogP contribution in [-0.2, 0) is 21.3 Å². The highest BCUT2D eigenvalue weighted by atomic mass is 32.2. The smallest absolute Gasteiger partial charge is 0.337 e. The van der Waals surface area contributed by atoms with Crippen LogP contribution in [0.1, 0.15) is 10.4 Å². The normalized spacial score (nSPS) is 11.0. The summed E-state index contributed by atoms with van der Waals surface area (Å²) in [6.07, 6.45) is 3.52. The van der Waals surface area contributed by atoms with Crippen LogP contribution < -0.4 is 9.46 Å². The SMILES string of the molecule is COC(=O)c1ccc(S(=O)(=O)Nc2cccc(OCCn3cccn3)c2)cc1. The van der Waals surface area contributed by atoms with Gasteiger partial charge >= 0.3 is 5.97 Å². The maximum Gasteiger partial charge on any atom is 0.337 e.